The van der Waals surface area contributed by atoms with Crippen molar-refractivity contribution in [1.82, 2.24) is 19.4 Å². The zero-order chi connectivity index (χ0) is 16.5. The molecule has 0 radical (unpaired) electrons. The second kappa shape index (κ2) is 6.51. The van der Waals surface area contributed by atoms with E-state index >= 15 is 0 Å². The molecule has 1 N–H and O–H groups in total. The van der Waals surface area contributed by atoms with Crippen LogP contribution in [0.2, 0.25) is 0 Å². The molecule has 0 bridgehead atoms. The summed E-state index contributed by atoms with van der Waals surface area (Å²) in [6.07, 6.45) is 6.49. The van der Waals surface area contributed by atoms with E-state index in [1.54, 1.807) is 17.5 Å². The van der Waals surface area contributed by atoms with E-state index < -0.39 is 10.0 Å². The number of hydrogen-bond acceptors (Lipinski definition) is 5. The summed E-state index contributed by atoms with van der Waals surface area (Å²) in [6, 6.07) is 0.482. The maximum atomic E-state index is 12.7. The highest BCUT2D eigenvalue weighted by molar-refractivity contribution is 7.89. The Morgan fingerprint density at radius 2 is 2.17 bits per heavy atom. The third-order valence-corrected chi connectivity index (χ3v) is 6.79. The third-order valence-electron chi connectivity index (χ3n) is 4.94. The first-order valence-electron chi connectivity index (χ1n) is 8.31. The van der Waals surface area contributed by atoms with Crippen LogP contribution in [0.5, 0.6) is 0 Å². The van der Waals surface area contributed by atoms with Gasteiger partial charge in [0.1, 0.15) is 4.90 Å². The number of rotatable bonds is 4. The Morgan fingerprint density at radius 1 is 1.43 bits per heavy atom. The van der Waals surface area contributed by atoms with Crippen molar-refractivity contribution < 1.29 is 13.2 Å². The Hall–Kier alpha value is -0.960. The largest absolute Gasteiger partial charge is 0.375 e. The van der Waals surface area contributed by atoms with E-state index in [1.807, 2.05) is 0 Å². The van der Waals surface area contributed by atoms with Crippen LogP contribution in [0.1, 0.15) is 32.6 Å². The van der Waals surface area contributed by atoms with Gasteiger partial charge < -0.3 is 10.1 Å². The molecule has 3 heterocycles. The summed E-state index contributed by atoms with van der Waals surface area (Å²) in [5.74, 6) is 0. The molecule has 1 aromatic rings. The SMILES string of the molecule is CCN[C@@H]1CCOC2(CCN(S(=O)(=O)c3cnn(C)c3)CC2)C1. The van der Waals surface area contributed by atoms with Gasteiger partial charge in [0.2, 0.25) is 10.0 Å². The first kappa shape index (κ1) is 16.9. The number of piperidine rings is 1. The van der Waals surface area contributed by atoms with Gasteiger partial charge in [-0.25, -0.2) is 8.42 Å². The van der Waals surface area contributed by atoms with Crippen LogP contribution in [0.25, 0.3) is 0 Å². The van der Waals surface area contributed by atoms with Crippen LogP contribution in [0.4, 0.5) is 0 Å². The lowest BCUT2D eigenvalue weighted by Crippen LogP contribution is -2.53. The molecule has 2 aliphatic heterocycles. The molecule has 0 aromatic carbocycles. The lowest BCUT2D eigenvalue weighted by Gasteiger charge is -2.45. The van der Waals surface area contributed by atoms with E-state index in [9.17, 15) is 8.42 Å². The second-order valence-corrected chi connectivity index (χ2v) is 8.47. The van der Waals surface area contributed by atoms with Crippen LogP contribution < -0.4 is 5.32 Å². The molecule has 0 amide bonds. The van der Waals surface area contributed by atoms with Gasteiger partial charge in [0, 0.05) is 39.0 Å². The highest BCUT2D eigenvalue weighted by atomic mass is 32.2. The zero-order valence-electron chi connectivity index (χ0n) is 13.9. The van der Waals surface area contributed by atoms with Crippen molar-refractivity contribution in [2.45, 2.75) is 49.1 Å². The van der Waals surface area contributed by atoms with Gasteiger partial charge in [0.15, 0.2) is 0 Å². The fourth-order valence-electron chi connectivity index (χ4n) is 3.65. The van der Waals surface area contributed by atoms with Gasteiger partial charge in [-0.1, -0.05) is 6.92 Å². The lowest BCUT2D eigenvalue weighted by molar-refractivity contribution is -0.112. The van der Waals surface area contributed by atoms with Gasteiger partial charge in [0.25, 0.3) is 0 Å². The molecule has 130 valence electrons. The Labute approximate surface area is 138 Å². The summed E-state index contributed by atoms with van der Waals surface area (Å²) >= 11 is 0. The monoisotopic (exact) mass is 342 g/mol. The molecule has 1 spiro atoms. The van der Waals surface area contributed by atoms with Crippen molar-refractivity contribution in [3.05, 3.63) is 12.4 Å². The van der Waals surface area contributed by atoms with Gasteiger partial charge >= 0.3 is 0 Å². The van der Waals surface area contributed by atoms with Crippen LogP contribution in [-0.2, 0) is 21.8 Å². The van der Waals surface area contributed by atoms with Crippen molar-refractivity contribution in [3.8, 4) is 0 Å². The highest BCUT2D eigenvalue weighted by Crippen LogP contribution is 2.36. The first-order chi connectivity index (χ1) is 11.0. The molecule has 0 saturated carbocycles. The minimum absolute atomic E-state index is 0.161. The van der Waals surface area contributed by atoms with Crippen LogP contribution in [0, 0.1) is 0 Å². The Kier molecular flexibility index (Phi) is 4.78. The molecule has 2 aliphatic rings. The number of sulfonamides is 1. The van der Waals surface area contributed by atoms with E-state index in [4.69, 9.17) is 4.74 Å². The molecule has 2 saturated heterocycles. The minimum atomic E-state index is -3.44. The number of nitrogens with one attached hydrogen (secondary N) is 1. The van der Waals surface area contributed by atoms with Crippen LogP contribution in [0.15, 0.2) is 17.3 Å². The van der Waals surface area contributed by atoms with E-state index in [0.29, 0.717) is 19.1 Å². The normalized spacial score (nSPS) is 25.7. The maximum Gasteiger partial charge on any atom is 0.246 e. The summed E-state index contributed by atoms with van der Waals surface area (Å²) in [5.41, 5.74) is -0.161. The number of aryl methyl sites for hydroxylation is 1. The standard InChI is InChI=1S/C15H26N4O3S/c1-3-16-13-4-9-22-15(10-13)5-7-19(8-6-15)23(20,21)14-11-17-18(2)12-14/h11-13,16H,3-10H2,1-2H3/t13-/m1/s1. The Bertz CT molecular complexity index is 633. The smallest absolute Gasteiger partial charge is 0.246 e. The maximum absolute atomic E-state index is 12.7. The van der Waals surface area contributed by atoms with E-state index in [2.05, 4.69) is 17.3 Å². The van der Waals surface area contributed by atoms with Gasteiger partial charge in [0.05, 0.1) is 11.8 Å². The molecule has 2 fully saturated rings. The second-order valence-electron chi connectivity index (χ2n) is 6.53. The quantitative estimate of drug-likeness (QED) is 0.873. The average Bonchev–Trinajstić information content (AvgIpc) is 2.96. The fraction of sp³-hybridized carbons (Fsp3) is 0.800. The number of nitrogens with zero attached hydrogens (tertiary/aromatic N) is 3. The molecular formula is C15H26N4O3S. The summed E-state index contributed by atoms with van der Waals surface area (Å²) < 4.78 is 34.5. The van der Waals surface area contributed by atoms with E-state index in [1.165, 1.54) is 10.9 Å². The van der Waals surface area contributed by atoms with Crippen molar-refractivity contribution in [1.29, 1.82) is 0 Å². The summed E-state index contributed by atoms with van der Waals surface area (Å²) in [4.78, 5) is 0.269. The predicted octanol–water partition coefficient (Wildman–Crippen LogP) is 0.732. The van der Waals surface area contributed by atoms with E-state index in [-0.39, 0.29) is 10.5 Å². The van der Waals surface area contributed by atoms with Crippen LogP contribution in [-0.4, -0.2) is 60.4 Å². The summed E-state index contributed by atoms with van der Waals surface area (Å²) in [7, 11) is -1.72. The minimum Gasteiger partial charge on any atom is -0.375 e. The number of ether oxygens (including phenoxy) is 1. The molecule has 0 aliphatic carbocycles. The lowest BCUT2D eigenvalue weighted by atomic mass is 9.83. The highest BCUT2D eigenvalue weighted by Gasteiger charge is 2.42. The molecule has 3 rings (SSSR count). The molecule has 1 atom stereocenters. The summed E-state index contributed by atoms with van der Waals surface area (Å²) in [5, 5.41) is 7.47. The fourth-order valence-corrected chi connectivity index (χ4v) is 5.08. The van der Waals surface area contributed by atoms with Gasteiger partial charge in [-0.15, -0.1) is 0 Å². The van der Waals surface area contributed by atoms with Gasteiger partial charge in [-0.2, -0.15) is 9.40 Å². The van der Waals surface area contributed by atoms with Crippen molar-refractivity contribution in [3.63, 3.8) is 0 Å². The third kappa shape index (κ3) is 3.45. The molecule has 7 nitrogen and oxygen atoms in total. The van der Waals surface area contributed by atoms with Crippen LogP contribution in [0.3, 0.4) is 0 Å². The van der Waals surface area contributed by atoms with Crippen LogP contribution >= 0.6 is 0 Å². The molecular weight excluding hydrogens is 316 g/mol. The number of hydrogen-bond donors (Lipinski definition) is 1. The van der Waals surface area contributed by atoms with Gasteiger partial charge in [-0.3, -0.25) is 4.68 Å². The van der Waals surface area contributed by atoms with Crippen molar-refractivity contribution >= 4 is 10.0 Å². The first-order valence-corrected chi connectivity index (χ1v) is 9.75. The van der Waals surface area contributed by atoms with Crippen molar-refractivity contribution in [2.75, 3.05) is 26.2 Å². The topological polar surface area (TPSA) is 76.5 Å². The molecule has 23 heavy (non-hydrogen) atoms. The zero-order valence-corrected chi connectivity index (χ0v) is 14.7. The average molecular weight is 342 g/mol. The van der Waals surface area contributed by atoms with E-state index in [0.717, 1.165) is 38.8 Å². The number of aromatic nitrogens is 2. The van der Waals surface area contributed by atoms with Gasteiger partial charge in [-0.05, 0) is 32.2 Å². The summed E-state index contributed by atoms with van der Waals surface area (Å²) in [6.45, 7) is 4.85. The molecule has 8 heteroatoms. The molecule has 1 aromatic heterocycles. The Balaban J connectivity index is 1.66. The Morgan fingerprint density at radius 3 is 2.78 bits per heavy atom. The predicted molar refractivity (Wildman–Crippen MR) is 86.6 cm³/mol. The van der Waals surface area contributed by atoms with Crippen molar-refractivity contribution in [2.24, 2.45) is 7.05 Å². The molecule has 0 unspecified atom stereocenters.